The summed E-state index contributed by atoms with van der Waals surface area (Å²) >= 11 is 0. The molecule has 10 nitrogen and oxygen atoms in total. The zero-order valence-electron chi connectivity index (χ0n) is 33.4. The molecule has 0 unspecified atom stereocenters. The molecular weight excluding hydrogens is 697 g/mol. The van der Waals surface area contributed by atoms with Crippen molar-refractivity contribution < 1.29 is 38.1 Å². The van der Waals surface area contributed by atoms with Gasteiger partial charge in [0.2, 0.25) is 5.91 Å². The summed E-state index contributed by atoms with van der Waals surface area (Å²) in [7, 11) is 6.20. The Morgan fingerprint density at radius 1 is 0.836 bits per heavy atom. The maximum Gasteiger partial charge on any atom is 0.409 e. The van der Waals surface area contributed by atoms with E-state index in [1.54, 1.807) is 26.2 Å². The van der Waals surface area contributed by atoms with Crippen molar-refractivity contribution in [2.75, 3.05) is 41.5 Å². The molecule has 0 spiro atoms. The number of nitrogens with zero attached hydrogens (tertiary/aromatic N) is 2. The second-order valence-corrected chi connectivity index (χ2v) is 15.1. The van der Waals surface area contributed by atoms with E-state index in [9.17, 15) is 19.2 Å². The number of hydrogen-bond donors (Lipinski definition) is 0. The number of carbonyl (C=O) groups excluding carboxylic acids is 4. The molecule has 1 aliphatic heterocycles. The Morgan fingerprint density at radius 2 is 1.45 bits per heavy atom. The second-order valence-electron chi connectivity index (χ2n) is 15.1. The fraction of sp³-hybridized carbons (Fsp3) is 0.511. The second kappa shape index (κ2) is 19.4. The Morgan fingerprint density at radius 3 is 2.04 bits per heavy atom. The molecule has 2 aliphatic rings. The van der Waals surface area contributed by atoms with Gasteiger partial charge < -0.3 is 28.7 Å². The van der Waals surface area contributed by atoms with E-state index in [1.807, 2.05) is 66.4 Å². The Kier molecular flexibility index (Phi) is 14.6. The van der Waals surface area contributed by atoms with Gasteiger partial charge in [-0.1, -0.05) is 106 Å². The van der Waals surface area contributed by atoms with Gasteiger partial charge in [-0.3, -0.25) is 14.4 Å². The lowest BCUT2D eigenvalue weighted by Crippen LogP contribution is -2.53. The highest BCUT2D eigenvalue weighted by molar-refractivity contribution is 5.87. The number of fused-ring (bicyclic) bond motifs is 3. The van der Waals surface area contributed by atoms with E-state index in [4.69, 9.17) is 18.9 Å². The number of rotatable bonds is 18. The van der Waals surface area contributed by atoms with Crippen LogP contribution >= 0.6 is 0 Å². The van der Waals surface area contributed by atoms with Crippen molar-refractivity contribution in [3.63, 3.8) is 0 Å². The van der Waals surface area contributed by atoms with E-state index in [0.29, 0.717) is 19.4 Å². The summed E-state index contributed by atoms with van der Waals surface area (Å²) in [5.74, 6) is -1.94. The predicted octanol–water partition coefficient (Wildman–Crippen LogP) is 7.32. The van der Waals surface area contributed by atoms with Crippen LogP contribution in [-0.2, 0) is 39.8 Å². The van der Waals surface area contributed by atoms with Crippen molar-refractivity contribution in [1.29, 1.82) is 0 Å². The summed E-state index contributed by atoms with van der Waals surface area (Å²) < 4.78 is 23.1. The molecule has 3 aromatic carbocycles. The van der Waals surface area contributed by atoms with Crippen LogP contribution in [0.15, 0.2) is 78.9 Å². The van der Waals surface area contributed by atoms with Gasteiger partial charge in [0.15, 0.2) is 0 Å². The van der Waals surface area contributed by atoms with E-state index < -0.39 is 42.1 Å². The minimum atomic E-state index is -0.630. The van der Waals surface area contributed by atoms with Crippen molar-refractivity contribution in [2.45, 2.75) is 89.5 Å². The number of hydrogen-bond acceptors (Lipinski definition) is 8. The zero-order chi connectivity index (χ0) is 39.6. The molecule has 55 heavy (non-hydrogen) atoms. The highest BCUT2D eigenvalue weighted by Gasteiger charge is 2.43. The van der Waals surface area contributed by atoms with Crippen LogP contribution in [-0.4, -0.2) is 99.4 Å². The third-order valence-electron chi connectivity index (χ3n) is 11.9. The molecule has 1 saturated heterocycles. The molecule has 3 aromatic rings. The number of methoxy groups -OCH3 is 3. The summed E-state index contributed by atoms with van der Waals surface area (Å²) in [4.78, 5) is 57.9. The number of carbonyl (C=O) groups is 4. The Labute approximate surface area is 326 Å². The number of likely N-dealkylation sites (N-methyl/N-ethyl adjacent to an activating group) is 1. The highest BCUT2D eigenvalue weighted by atomic mass is 16.6. The molecule has 10 heteroatoms. The van der Waals surface area contributed by atoms with E-state index in [1.165, 1.54) is 7.11 Å². The molecule has 0 N–H and O–H groups in total. The van der Waals surface area contributed by atoms with Gasteiger partial charge in [0, 0.05) is 46.1 Å². The van der Waals surface area contributed by atoms with E-state index in [-0.39, 0.29) is 49.0 Å². The van der Waals surface area contributed by atoms with Gasteiger partial charge in [-0.2, -0.15) is 0 Å². The molecule has 1 heterocycles. The van der Waals surface area contributed by atoms with Crippen molar-refractivity contribution in [1.82, 2.24) is 9.80 Å². The van der Waals surface area contributed by atoms with Gasteiger partial charge in [-0.15, -0.1) is 0 Å². The van der Waals surface area contributed by atoms with Crippen LogP contribution in [0.4, 0.5) is 4.79 Å². The van der Waals surface area contributed by atoms with Crippen molar-refractivity contribution in [3.8, 4) is 11.1 Å². The molecule has 0 radical (unpaired) electrons. The standard InChI is InChI=1S/C45H58N2O8/c1-8-29(2)42(46(4)45(51)55-28-37-35-21-14-12-19-33(35)34-20-13-15-22-36(34)37)40(52-5)27-41(49)47-24-16-23-38(47)43(53-6)30(3)39(48)26-32(44(50)54-7)25-31-17-10-9-11-18-31/h9-15,17-22,29-30,32,37-38,40,42-43H,8,16,23-28H2,1-7H3/t29-,30-,32+,38-,40+,42-,43+/m0/s1. The van der Waals surface area contributed by atoms with E-state index in [2.05, 4.69) is 38.1 Å². The van der Waals surface area contributed by atoms with Gasteiger partial charge in [0.05, 0.1) is 43.7 Å². The predicted molar refractivity (Wildman–Crippen MR) is 211 cm³/mol. The fourth-order valence-corrected chi connectivity index (χ4v) is 8.74. The van der Waals surface area contributed by atoms with Crippen LogP contribution in [0.3, 0.4) is 0 Å². The normalized spacial score (nSPS) is 18.3. The van der Waals surface area contributed by atoms with E-state index >= 15 is 0 Å². The number of likely N-dealkylation sites (tertiary alicyclic amines) is 1. The first-order valence-electron chi connectivity index (χ1n) is 19.6. The number of ketones is 1. The summed E-state index contributed by atoms with van der Waals surface area (Å²) in [5, 5.41) is 0. The molecule has 0 bridgehead atoms. The van der Waals surface area contributed by atoms with Gasteiger partial charge in [-0.25, -0.2) is 4.79 Å². The van der Waals surface area contributed by atoms with Crippen LogP contribution in [0.5, 0.6) is 0 Å². The average molecular weight is 755 g/mol. The van der Waals surface area contributed by atoms with Crippen molar-refractivity contribution in [3.05, 3.63) is 95.6 Å². The molecule has 296 valence electrons. The van der Waals surface area contributed by atoms with Gasteiger partial charge >= 0.3 is 12.1 Å². The summed E-state index contributed by atoms with van der Waals surface area (Å²) in [6.45, 7) is 6.64. The summed E-state index contributed by atoms with van der Waals surface area (Å²) in [5.41, 5.74) is 5.54. The number of Topliss-reactive ketones (excluding diaryl/α,β-unsaturated/α-hetero) is 1. The maximum atomic E-state index is 14.2. The van der Waals surface area contributed by atoms with Gasteiger partial charge in [0.1, 0.15) is 12.4 Å². The molecule has 0 aromatic heterocycles. The molecule has 1 fully saturated rings. The number of ether oxygens (including phenoxy) is 4. The van der Waals surface area contributed by atoms with Crippen LogP contribution < -0.4 is 0 Å². The molecule has 2 amide bonds. The average Bonchev–Trinajstić information content (AvgIpc) is 3.82. The van der Waals surface area contributed by atoms with Crippen LogP contribution in [0.25, 0.3) is 11.1 Å². The first-order chi connectivity index (χ1) is 26.5. The molecule has 0 saturated carbocycles. The monoisotopic (exact) mass is 754 g/mol. The Hall–Kier alpha value is -4.54. The van der Waals surface area contributed by atoms with Crippen LogP contribution in [0.1, 0.15) is 75.5 Å². The van der Waals surface area contributed by atoms with Crippen LogP contribution in [0.2, 0.25) is 0 Å². The lowest BCUT2D eigenvalue weighted by molar-refractivity contribution is -0.148. The third kappa shape index (κ3) is 9.47. The highest BCUT2D eigenvalue weighted by Crippen LogP contribution is 2.44. The fourth-order valence-electron chi connectivity index (χ4n) is 8.74. The minimum Gasteiger partial charge on any atom is -0.469 e. The summed E-state index contributed by atoms with van der Waals surface area (Å²) in [6, 6.07) is 25.3. The summed E-state index contributed by atoms with van der Waals surface area (Å²) in [6.07, 6.45) is 1.01. The van der Waals surface area contributed by atoms with E-state index in [0.717, 1.165) is 40.7 Å². The minimum absolute atomic E-state index is 0.000572. The van der Waals surface area contributed by atoms with Gasteiger partial charge in [-0.05, 0) is 53.0 Å². The SMILES string of the molecule is CC[C@H](C)[C@@H]([C@@H](CC(=O)N1CCC[C@H]1[C@H](OC)[C@@H](C)C(=O)C[C@@H](Cc1ccccc1)C(=O)OC)OC)N(C)C(=O)OCC1c2ccccc2-c2ccccc21. The molecular formula is C45H58N2O8. The zero-order valence-corrected chi connectivity index (χ0v) is 33.4. The quantitative estimate of drug-likeness (QED) is 0.124. The largest absolute Gasteiger partial charge is 0.469 e. The number of amides is 2. The topological polar surface area (TPSA) is 112 Å². The molecule has 7 atom stereocenters. The third-order valence-corrected chi connectivity index (χ3v) is 11.9. The maximum absolute atomic E-state index is 14.2. The van der Waals surface area contributed by atoms with Crippen molar-refractivity contribution in [2.24, 2.45) is 17.8 Å². The smallest absolute Gasteiger partial charge is 0.409 e. The lowest BCUT2D eigenvalue weighted by Gasteiger charge is -2.39. The molecule has 5 rings (SSSR count). The number of esters is 1. The van der Waals surface area contributed by atoms with Crippen LogP contribution in [0, 0.1) is 17.8 Å². The first-order valence-corrected chi connectivity index (χ1v) is 19.6. The lowest BCUT2D eigenvalue weighted by atomic mass is 9.85. The Bertz CT molecular complexity index is 1720. The number of benzene rings is 3. The molecule has 1 aliphatic carbocycles. The first kappa shape index (κ1) is 41.6. The van der Waals surface area contributed by atoms with Crippen molar-refractivity contribution >= 4 is 23.8 Å². The Balaban J connectivity index is 1.25. The van der Waals surface area contributed by atoms with Gasteiger partial charge in [0.25, 0.3) is 0 Å².